The molecule has 0 aromatic heterocycles. The number of hydrogen-bond acceptors (Lipinski definition) is 2. The van der Waals surface area contributed by atoms with Crippen molar-refractivity contribution in [1.82, 2.24) is 0 Å². The smallest absolute Gasteiger partial charge is 0.361 e. The zero-order valence-electron chi connectivity index (χ0n) is 9.74. The predicted molar refractivity (Wildman–Crippen MR) is 67.8 cm³/mol. The number of carbonyl (C=O) groups excluding carboxylic acids is 1. The number of hydrogen-bond donors (Lipinski definition) is 1. The van der Waals surface area contributed by atoms with Crippen LogP contribution in [0, 0.1) is 0 Å². The van der Waals surface area contributed by atoms with E-state index in [0.29, 0.717) is 11.8 Å². The van der Waals surface area contributed by atoms with Crippen LogP contribution in [0.1, 0.15) is 0 Å². The van der Waals surface area contributed by atoms with Crippen molar-refractivity contribution < 1.29 is 18.0 Å². The molecule has 0 unspecified atom stereocenters. The van der Waals surface area contributed by atoms with E-state index in [9.17, 15) is 18.0 Å². The van der Waals surface area contributed by atoms with Crippen LogP contribution in [0.15, 0.2) is 54.7 Å². The standard InChI is InChI=1S/C14H10F3NO/c15-14(16,17)13(19)8-9-18-12-7-3-5-10-4-1-2-6-11(10)12/h1-9,18H/b9-8+. The van der Waals surface area contributed by atoms with Crippen molar-refractivity contribution in [3.05, 3.63) is 54.7 Å². The summed E-state index contributed by atoms with van der Waals surface area (Å²) in [6, 6.07) is 12.8. The van der Waals surface area contributed by atoms with Crippen molar-refractivity contribution in [3.63, 3.8) is 0 Å². The first-order valence-corrected chi connectivity index (χ1v) is 5.50. The second kappa shape index (κ2) is 5.14. The van der Waals surface area contributed by atoms with E-state index in [1.807, 2.05) is 30.3 Å². The Balaban J connectivity index is 2.19. The van der Waals surface area contributed by atoms with Crippen LogP contribution in [-0.2, 0) is 4.79 Å². The summed E-state index contributed by atoms with van der Waals surface area (Å²) in [5.74, 6) is -1.89. The maximum atomic E-state index is 12.0. The summed E-state index contributed by atoms with van der Waals surface area (Å²) in [5.41, 5.74) is 0.643. The number of carbonyl (C=O) groups is 1. The molecule has 2 aromatic rings. The van der Waals surface area contributed by atoms with E-state index in [-0.39, 0.29) is 0 Å². The minimum absolute atomic E-state index is 0.474. The van der Waals surface area contributed by atoms with E-state index >= 15 is 0 Å². The maximum Gasteiger partial charge on any atom is 0.454 e. The van der Waals surface area contributed by atoms with Crippen molar-refractivity contribution >= 4 is 22.2 Å². The Morgan fingerprint density at radius 3 is 2.47 bits per heavy atom. The quantitative estimate of drug-likeness (QED) is 0.853. The highest BCUT2D eigenvalue weighted by molar-refractivity contribution is 5.96. The zero-order chi connectivity index (χ0) is 13.9. The molecule has 0 saturated carbocycles. The highest BCUT2D eigenvalue weighted by Gasteiger charge is 2.35. The lowest BCUT2D eigenvalue weighted by Gasteiger charge is -2.06. The van der Waals surface area contributed by atoms with Gasteiger partial charge in [0.2, 0.25) is 0 Å². The van der Waals surface area contributed by atoms with Gasteiger partial charge in [0.15, 0.2) is 0 Å². The number of rotatable bonds is 3. The average molecular weight is 265 g/mol. The van der Waals surface area contributed by atoms with Crippen LogP contribution in [0.25, 0.3) is 10.8 Å². The van der Waals surface area contributed by atoms with Gasteiger partial charge < -0.3 is 5.32 Å². The summed E-state index contributed by atoms with van der Waals surface area (Å²) in [7, 11) is 0. The van der Waals surface area contributed by atoms with Gasteiger partial charge in [0.25, 0.3) is 5.78 Å². The van der Waals surface area contributed by atoms with Crippen LogP contribution in [0.2, 0.25) is 0 Å². The van der Waals surface area contributed by atoms with E-state index in [1.165, 1.54) is 0 Å². The molecular weight excluding hydrogens is 255 g/mol. The van der Waals surface area contributed by atoms with Crippen LogP contribution in [0.4, 0.5) is 18.9 Å². The number of alkyl halides is 3. The van der Waals surface area contributed by atoms with Gasteiger partial charge in [0.1, 0.15) is 0 Å². The first kappa shape index (κ1) is 13.1. The number of nitrogens with one attached hydrogen (secondary N) is 1. The predicted octanol–water partition coefficient (Wildman–Crippen LogP) is 3.90. The molecule has 1 N–H and O–H groups in total. The molecule has 0 spiro atoms. The number of anilines is 1. The fraction of sp³-hybridized carbons (Fsp3) is 0.0714. The monoisotopic (exact) mass is 265 g/mol. The lowest BCUT2D eigenvalue weighted by atomic mass is 10.1. The number of allylic oxidation sites excluding steroid dienone is 1. The average Bonchev–Trinajstić information content (AvgIpc) is 2.38. The van der Waals surface area contributed by atoms with Gasteiger partial charge in [-0.2, -0.15) is 13.2 Å². The van der Waals surface area contributed by atoms with Crippen LogP contribution >= 0.6 is 0 Å². The van der Waals surface area contributed by atoms with Crippen molar-refractivity contribution in [3.8, 4) is 0 Å². The molecule has 0 radical (unpaired) electrons. The first-order valence-electron chi connectivity index (χ1n) is 5.50. The van der Waals surface area contributed by atoms with E-state index in [1.54, 1.807) is 12.1 Å². The molecule has 98 valence electrons. The minimum Gasteiger partial charge on any atom is -0.361 e. The van der Waals surface area contributed by atoms with Crippen molar-refractivity contribution in [2.24, 2.45) is 0 Å². The Morgan fingerprint density at radius 1 is 1.05 bits per heavy atom. The molecule has 2 rings (SSSR count). The molecule has 0 saturated heterocycles. The maximum absolute atomic E-state index is 12.0. The molecule has 0 aliphatic heterocycles. The second-order valence-electron chi connectivity index (χ2n) is 3.87. The Bertz CT molecular complexity index is 627. The molecule has 0 fully saturated rings. The molecular formula is C14H10F3NO. The molecule has 5 heteroatoms. The molecule has 0 atom stereocenters. The molecule has 0 aliphatic rings. The van der Waals surface area contributed by atoms with Crippen LogP contribution in [0.3, 0.4) is 0 Å². The first-order chi connectivity index (χ1) is 8.98. The number of halogens is 3. The van der Waals surface area contributed by atoms with Crippen LogP contribution in [0.5, 0.6) is 0 Å². The summed E-state index contributed by atoms with van der Waals surface area (Å²) in [6.07, 6.45) is -3.36. The third-order valence-corrected chi connectivity index (χ3v) is 2.54. The Morgan fingerprint density at radius 2 is 1.74 bits per heavy atom. The van der Waals surface area contributed by atoms with Gasteiger partial charge >= 0.3 is 6.18 Å². The van der Waals surface area contributed by atoms with Gasteiger partial charge in [0, 0.05) is 23.3 Å². The summed E-state index contributed by atoms with van der Waals surface area (Å²) in [5, 5.41) is 4.52. The molecule has 2 aromatic carbocycles. The van der Waals surface area contributed by atoms with E-state index in [4.69, 9.17) is 0 Å². The highest BCUT2D eigenvalue weighted by Crippen LogP contribution is 2.23. The fourth-order valence-corrected chi connectivity index (χ4v) is 1.65. The second-order valence-corrected chi connectivity index (χ2v) is 3.87. The Hall–Kier alpha value is -2.30. The van der Waals surface area contributed by atoms with Crippen molar-refractivity contribution in [2.75, 3.05) is 5.32 Å². The van der Waals surface area contributed by atoms with Gasteiger partial charge in [0.05, 0.1) is 0 Å². The zero-order valence-corrected chi connectivity index (χ0v) is 9.74. The summed E-state index contributed by atoms with van der Waals surface area (Å²) < 4.78 is 36.0. The van der Waals surface area contributed by atoms with Gasteiger partial charge in [-0.1, -0.05) is 36.4 Å². The SMILES string of the molecule is O=C(/C=C/Nc1cccc2ccccc12)C(F)(F)F. The number of ketones is 1. The fourth-order valence-electron chi connectivity index (χ4n) is 1.65. The van der Waals surface area contributed by atoms with Gasteiger partial charge in [-0.25, -0.2) is 0 Å². The van der Waals surface area contributed by atoms with Gasteiger partial charge in [-0.15, -0.1) is 0 Å². The van der Waals surface area contributed by atoms with Gasteiger partial charge in [-0.3, -0.25) is 4.79 Å². The number of fused-ring (bicyclic) bond motifs is 1. The summed E-state index contributed by atoms with van der Waals surface area (Å²) in [4.78, 5) is 10.7. The molecule has 0 bridgehead atoms. The Kier molecular flexibility index (Phi) is 3.55. The van der Waals surface area contributed by atoms with Crippen LogP contribution in [-0.4, -0.2) is 12.0 Å². The van der Waals surface area contributed by atoms with Gasteiger partial charge in [-0.05, 0) is 11.5 Å². The third-order valence-electron chi connectivity index (χ3n) is 2.54. The van der Waals surface area contributed by atoms with Crippen molar-refractivity contribution in [1.29, 1.82) is 0 Å². The van der Waals surface area contributed by atoms with Crippen LogP contribution < -0.4 is 5.32 Å². The normalized spacial score (nSPS) is 11.9. The third kappa shape index (κ3) is 3.13. The number of benzene rings is 2. The highest BCUT2D eigenvalue weighted by atomic mass is 19.4. The largest absolute Gasteiger partial charge is 0.454 e. The molecule has 0 amide bonds. The Labute approximate surface area is 107 Å². The molecule has 19 heavy (non-hydrogen) atoms. The summed E-state index contributed by atoms with van der Waals surface area (Å²) in [6.45, 7) is 0. The molecule has 0 aliphatic carbocycles. The topological polar surface area (TPSA) is 29.1 Å². The van der Waals surface area contributed by atoms with E-state index < -0.39 is 12.0 Å². The lowest BCUT2D eigenvalue weighted by molar-refractivity contribution is -0.165. The minimum atomic E-state index is -4.84. The van der Waals surface area contributed by atoms with Crippen molar-refractivity contribution in [2.45, 2.75) is 6.18 Å². The van der Waals surface area contributed by atoms with E-state index in [2.05, 4.69) is 5.32 Å². The molecule has 2 nitrogen and oxygen atoms in total. The molecule has 0 heterocycles. The summed E-state index contributed by atoms with van der Waals surface area (Å²) >= 11 is 0. The van der Waals surface area contributed by atoms with E-state index in [0.717, 1.165) is 17.0 Å². The lowest BCUT2D eigenvalue weighted by Crippen LogP contribution is -2.20.